The molecule has 18 atom stereocenters. The van der Waals surface area contributed by atoms with Gasteiger partial charge in [-0.1, -0.05) is 115 Å². The van der Waals surface area contributed by atoms with E-state index in [1.807, 2.05) is 50.2 Å². The zero-order chi connectivity index (χ0) is 88.5. The molecule has 8 heterocycles. The van der Waals surface area contributed by atoms with Gasteiger partial charge in [0.15, 0.2) is 35.1 Å². The van der Waals surface area contributed by atoms with Crippen LogP contribution in [0.5, 0.6) is 51.9 Å². The zero-order valence-corrected chi connectivity index (χ0v) is 69.4. The van der Waals surface area contributed by atoms with E-state index in [0.717, 1.165) is 95.2 Å². The van der Waals surface area contributed by atoms with Crippen molar-refractivity contribution in [1.29, 1.82) is 0 Å². The topological polar surface area (TPSA) is 542 Å². The molecule has 7 aromatic carbocycles. The number of rotatable bonds is 19. The summed E-state index contributed by atoms with van der Waals surface area (Å²) in [6.45, 7) is 8.73. The van der Waals surface area contributed by atoms with Crippen LogP contribution in [-0.4, -0.2) is 200 Å². The Morgan fingerprint density at radius 2 is 1.29 bits per heavy atom. The number of carbonyl (C=O) groups excluding carboxylic acids is 7. The minimum Gasteiger partial charge on any atom is -0.508 e. The molecule has 7 aliphatic rings. The number of carboxylic acid groups (broad SMARTS) is 1. The number of nitrogens with one attached hydrogen (secondary N) is 8. The van der Waals surface area contributed by atoms with Crippen molar-refractivity contribution < 1.29 is 118 Å². The lowest BCUT2D eigenvalue weighted by Gasteiger charge is -2.48. The molecule has 7 aliphatic heterocycles. The number of aliphatic hydroxyl groups excluding tert-OH is 5. The first-order valence-corrected chi connectivity index (χ1v) is 40.9. The highest BCUT2D eigenvalue weighted by atomic mass is 35.5. The molecule has 20 N–H and O–H groups in total. The highest BCUT2D eigenvalue weighted by molar-refractivity contribution is 7.99. The number of primary amides is 1. The van der Waals surface area contributed by atoms with Crippen molar-refractivity contribution in [2.75, 3.05) is 12.8 Å². The van der Waals surface area contributed by atoms with Crippen molar-refractivity contribution in [3.8, 4) is 74.1 Å². The maximum atomic E-state index is 16.4. The predicted octanol–water partition coefficient (Wildman–Crippen LogP) is 5.86. The van der Waals surface area contributed by atoms with E-state index in [-0.39, 0.29) is 63.7 Å². The first-order valence-electron chi connectivity index (χ1n) is 38.7. The average Bonchev–Trinajstić information content (AvgIpc) is 0.766. The third-order valence-electron chi connectivity index (χ3n) is 21.6. The fourth-order valence-electron chi connectivity index (χ4n) is 15.1. The third-order valence-corrected chi connectivity index (χ3v) is 23.4. The van der Waals surface area contributed by atoms with Crippen LogP contribution in [0.3, 0.4) is 0 Å². The Balaban J connectivity index is 1.00. The summed E-state index contributed by atoms with van der Waals surface area (Å²) in [5, 5.41) is 139. The quantitative estimate of drug-likeness (QED) is 0.0333. The number of hydrogen-bond donors (Lipinski definition) is 19. The molecule has 0 spiro atoms. The summed E-state index contributed by atoms with van der Waals surface area (Å²) in [6, 6.07) is 15.6. The lowest BCUT2D eigenvalue weighted by molar-refractivity contribution is -0.330. The first-order chi connectivity index (χ1) is 58.4. The van der Waals surface area contributed by atoms with Crippen LogP contribution in [0, 0.1) is 12.8 Å². The number of hydrogen-bond acceptors (Lipinski definition) is 28. The van der Waals surface area contributed by atoms with Gasteiger partial charge in [-0.15, -0.1) is 0 Å². The van der Waals surface area contributed by atoms with Crippen molar-refractivity contribution in [3.05, 3.63) is 188 Å². The van der Waals surface area contributed by atoms with E-state index in [4.69, 9.17) is 69.0 Å². The summed E-state index contributed by atoms with van der Waals surface area (Å²) < 4.78 is 40.6. The van der Waals surface area contributed by atoms with Crippen LogP contribution in [0.25, 0.3) is 22.3 Å². The van der Waals surface area contributed by atoms with E-state index < -0.39 is 236 Å². The maximum absolute atomic E-state index is 16.4. The van der Waals surface area contributed by atoms with Crippen molar-refractivity contribution in [3.63, 3.8) is 0 Å². The number of aryl methyl sites for hydroxylation is 1. The van der Waals surface area contributed by atoms with Crippen LogP contribution in [0.2, 0.25) is 15.1 Å². The van der Waals surface area contributed by atoms with Gasteiger partial charge in [-0.3, -0.25) is 33.6 Å². The number of benzene rings is 7. The van der Waals surface area contributed by atoms with Crippen molar-refractivity contribution in [2.45, 2.75) is 175 Å². The second-order valence-electron chi connectivity index (χ2n) is 31.0. The summed E-state index contributed by atoms with van der Waals surface area (Å²) in [4.78, 5) is 127. The molecule has 7 amide bonds. The number of ether oxygens (including phenoxy) is 6. The Hall–Kier alpha value is -11.2. The highest BCUT2D eigenvalue weighted by Gasteiger charge is 2.53. The molecular formula is C84H88Cl3N11O24S. The van der Waals surface area contributed by atoms with Gasteiger partial charge >= 0.3 is 5.97 Å². The van der Waals surface area contributed by atoms with E-state index in [2.05, 4.69) is 52.5 Å². The van der Waals surface area contributed by atoms with Gasteiger partial charge in [0.25, 0.3) is 0 Å². The molecule has 39 heteroatoms. The Morgan fingerprint density at radius 1 is 0.675 bits per heavy atom. The van der Waals surface area contributed by atoms with Gasteiger partial charge in [0.05, 0.1) is 40.8 Å². The van der Waals surface area contributed by atoms with Crippen LogP contribution in [0.1, 0.15) is 116 Å². The summed E-state index contributed by atoms with van der Waals surface area (Å²) >= 11 is 21.5. The molecular weight excluding hydrogens is 1690 g/mol. The molecule has 1 aromatic heterocycles. The molecule has 2 saturated heterocycles. The summed E-state index contributed by atoms with van der Waals surface area (Å²) in [6.07, 6.45) is -18.6. The van der Waals surface area contributed by atoms with Gasteiger partial charge in [0, 0.05) is 63.8 Å². The van der Waals surface area contributed by atoms with Crippen molar-refractivity contribution in [2.24, 2.45) is 11.7 Å². The molecule has 0 aliphatic carbocycles. The normalized spacial score (nSPS) is 26.2. The molecule has 35 nitrogen and oxygen atoms in total. The number of halogens is 3. The van der Waals surface area contributed by atoms with Crippen molar-refractivity contribution in [1.82, 2.24) is 52.5 Å². The van der Waals surface area contributed by atoms with Gasteiger partial charge in [-0.05, 0) is 146 Å². The average molecular weight is 1770 g/mol. The number of likely N-dealkylation sites (N-methyl/N-ethyl adjacent to an activating group) is 1. The number of aliphatic carboxylic acids is 1. The van der Waals surface area contributed by atoms with E-state index in [1.54, 1.807) is 32.9 Å². The predicted molar refractivity (Wildman–Crippen MR) is 441 cm³/mol. The third kappa shape index (κ3) is 20.0. The summed E-state index contributed by atoms with van der Waals surface area (Å²) in [5.74, 6) is -16.8. The Kier molecular flexibility index (Phi) is 27.3. The second kappa shape index (κ2) is 37.5. The van der Waals surface area contributed by atoms with E-state index in [0.29, 0.717) is 10.7 Å². The molecule has 15 rings (SSSR count). The fraction of sp³-hybridized carbons (Fsp3) is 0.357. The van der Waals surface area contributed by atoms with E-state index in [9.17, 15) is 65.4 Å². The highest BCUT2D eigenvalue weighted by Crippen LogP contribution is 2.50. The second-order valence-corrected chi connectivity index (χ2v) is 33.2. The van der Waals surface area contributed by atoms with Gasteiger partial charge in [0.2, 0.25) is 59.3 Å². The number of aromatic hydroxyl groups is 4. The standard InChI is InChI=1S/C84H88Cl3N11O24S/c1-34(2)21-50(89-6)75(109)97-66-68(104)41-14-19-54(48(86)24-41)118-56-26-43-27-57(72(56)122-82-73(71(107)70(106)58(120-82)33-123-83-91-35(3)22-60(103)93-83)121-61-31-84(5,74(108)36(4)117-61)90-32-37-7-9-38(10-8-37)39-11-16-44(85)17-12-39)119-55-20-15-42(25-49(55)87)69(105)67-80(114)96-65(81(115)116)47-28-45(99)29-53(101)62(47)46-23-40(13-18-52(46)100)63(77(111)98-67)95-78(112)64(43)94-76(110)51(30-59(88)102)92-79(66)113/h7-20,22-29,34,36,50-51,58,61,63-71,73-74,82,89-90,99-101,104-108H,21,30-33H2,1-6H3,(H2,88,102)(H,92,113)(H,94,110)(H,95,112)(H,96,114)(H,97,109)(H,98,111)(H,115,116)(H,91,93,103)/t36?,50-,51-,58?,61?,63?,64+,65+,66+,67-,68+,69+,70?,71?,73?,74?,82?,84?/m0/s1. The lowest BCUT2D eigenvalue weighted by Crippen LogP contribution is -2.65. The zero-order valence-electron chi connectivity index (χ0n) is 66.3. The molecule has 123 heavy (non-hydrogen) atoms. The molecule has 10 unspecified atom stereocenters. The number of thioether (sulfide) groups is 1. The molecule has 650 valence electrons. The largest absolute Gasteiger partial charge is 0.508 e. The van der Waals surface area contributed by atoms with Crippen LogP contribution >= 0.6 is 46.6 Å². The Bertz CT molecular complexity index is 5380. The summed E-state index contributed by atoms with van der Waals surface area (Å²) in [7, 11) is 1.48. The van der Waals surface area contributed by atoms with E-state index >= 15 is 24.0 Å². The summed E-state index contributed by atoms with van der Waals surface area (Å²) in [5.41, 5.74) is 4.65. The van der Waals surface area contributed by atoms with Crippen LogP contribution < -0.4 is 62.5 Å². The number of aliphatic hydroxyl groups is 5. The number of carboxylic acids is 1. The molecule has 11 bridgehead atoms. The minimum atomic E-state index is -2.38. The van der Waals surface area contributed by atoms with Crippen LogP contribution in [0.15, 0.2) is 139 Å². The Labute approximate surface area is 721 Å². The number of fused-ring (bicyclic) bond motifs is 15. The van der Waals surface area contributed by atoms with Gasteiger partial charge in [-0.25, -0.2) is 9.78 Å². The fourth-order valence-corrected chi connectivity index (χ4v) is 16.7. The van der Waals surface area contributed by atoms with Gasteiger partial charge in [0.1, 0.15) is 83.4 Å². The Morgan fingerprint density at radius 3 is 1.91 bits per heavy atom. The van der Waals surface area contributed by atoms with E-state index in [1.165, 1.54) is 25.2 Å². The minimum absolute atomic E-state index is 0.00306. The SMILES string of the molecule is CN[C@@H](CC(C)C)C(=O)N[C@H]1C(=O)N[C@@H](CC(N)=O)C(=O)N[C@H]2C(=O)NC3C(=O)N[C@H](C(=O)N[C@@H](C(=O)O)c4cc(O)cc(O)c4-c4cc3ccc4O)[C@H](O)c3ccc(c(Cl)c3)Oc3cc2cc(c3OC2OC(CSc3nc(C)cc(O)n3)C(O)C(O)C2OC2CC(C)(NCc3ccc(-c4ccc(Cl)cc4)cc3)C(O)C(C)O2)Oc2ccc(cc2Cl)[C@H]1O. The number of amides is 7. The molecule has 2 fully saturated rings. The van der Waals surface area contributed by atoms with Crippen molar-refractivity contribution >= 4 is 93.9 Å². The first kappa shape index (κ1) is 89.6. The van der Waals surface area contributed by atoms with Gasteiger partial charge < -0.3 is 128 Å². The number of nitrogens with zero attached hydrogens (tertiary/aromatic N) is 2. The number of phenols is 3. The van der Waals surface area contributed by atoms with Crippen LogP contribution in [0.4, 0.5) is 0 Å². The number of phenolic OH excluding ortho intramolecular Hbond substituents is 3. The monoisotopic (exact) mass is 1770 g/mol. The number of nitrogens with two attached hydrogens (primary N) is 1. The lowest BCUT2D eigenvalue weighted by atomic mass is 9.84. The molecule has 0 radical (unpaired) electrons. The number of carbonyl (C=O) groups is 8. The van der Waals surface area contributed by atoms with Gasteiger partial charge in [-0.2, -0.15) is 4.98 Å². The maximum Gasteiger partial charge on any atom is 0.330 e. The molecule has 0 saturated carbocycles. The molecule has 8 aromatic rings. The number of aromatic nitrogens is 2. The van der Waals surface area contributed by atoms with Crippen LogP contribution in [-0.2, 0) is 59.1 Å². The smallest absolute Gasteiger partial charge is 0.330 e.